The second-order valence-electron chi connectivity index (χ2n) is 7.64. The summed E-state index contributed by atoms with van der Waals surface area (Å²) in [5.41, 5.74) is 1.60. The minimum absolute atomic E-state index is 0.0537. The molecule has 0 radical (unpaired) electrons. The first-order valence-corrected chi connectivity index (χ1v) is 11.3. The zero-order chi connectivity index (χ0) is 23.0. The summed E-state index contributed by atoms with van der Waals surface area (Å²) in [5, 5.41) is 13.4. The summed E-state index contributed by atoms with van der Waals surface area (Å²) in [7, 11) is -0.477. The molecule has 1 aliphatic carbocycles. The van der Waals surface area contributed by atoms with Gasteiger partial charge in [-0.15, -0.1) is 4.40 Å². The topological polar surface area (TPSA) is 93.7 Å². The summed E-state index contributed by atoms with van der Waals surface area (Å²) in [5.74, 6) is -1.09. The number of ketones is 1. The molecule has 0 aliphatic heterocycles. The highest BCUT2D eigenvalue weighted by Crippen LogP contribution is 2.28. The van der Waals surface area contributed by atoms with Gasteiger partial charge in [0.05, 0.1) is 4.90 Å². The molecular formula is C24H21N3O4S. The Morgan fingerprint density at radius 1 is 0.906 bits per heavy atom. The maximum Gasteiger partial charge on any atom is 0.283 e. The SMILES string of the molecule is Cc1ccc(S(=O)(=O)N=C2C(=O)c3ccccc3C([O-])=C2[n+]2ccc(N(C)C)cc2)cc1. The Labute approximate surface area is 186 Å². The molecule has 0 saturated carbocycles. The molecule has 3 aromatic rings. The van der Waals surface area contributed by atoms with E-state index in [-0.39, 0.29) is 21.7 Å². The average molecular weight is 448 g/mol. The number of nitrogens with zero attached hydrogens (tertiary/aromatic N) is 3. The zero-order valence-corrected chi connectivity index (χ0v) is 18.6. The van der Waals surface area contributed by atoms with Crippen molar-refractivity contribution in [2.75, 3.05) is 19.0 Å². The lowest BCUT2D eigenvalue weighted by molar-refractivity contribution is -0.577. The number of pyridine rings is 1. The predicted octanol–water partition coefficient (Wildman–Crippen LogP) is 2.06. The van der Waals surface area contributed by atoms with Crippen LogP contribution in [0.5, 0.6) is 0 Å². The predicted molar refractivity (Wildman–Crippen MR) is 121 cm³/mol. The summed E-state index contributed by atoms with van der Waals surface area (Å²) >= 11 is 0. The third kappa shape index (κ3) is 3.80. The molecule has 1 aromatic heterocycles. The van der Waals surface area contributed by atoms with E-state index in [1.807, 2.05) is 25.9 Å². The molecule has 32 heavy (non-hydrogen) atoms. The number of sulfonamides is 1. The summed E-state index contributed by atoms with van der Waals surface area (Å²) in [4.78, 5) is 15.1. The first-order valence-electron chi connectivity index (χ1n) is 9.85. The monoisotopic (exact) mass is 447 g/mol. The molecule has 1 aliphatic rings. The normalized spacial score (nSPS) is 15.1. The quantitative estimate of drug-likeness (QED) is 0.571. The van der Waals surface area contributed by atoms with E-state index in [0.717, 1.165) is 11.3 Å². The van der Waals surface area contributed by atoms with Crippen molar-refractivity contribution in [3.05, 3.63) is 89.7 Å². The molecule has 0 amide bonds. The first-order chi connectivity index (χ1) is 15.2. The van der Waals surface area contributed by atoms with Crippen molar-refractivity contribution in [1.82, 2.24) is 0 Å². The van der Waals surface area contributed by atoms with Crippen molar-refractivity contribution in [2.45, 2.75) is 11.8 Å². The van der Waals surface area contributed by atoms with Gasteiger partial charge < -0.3 is 10.0 Å². The van der Waals surface area contributed by atoms with E-state index in [9.17, 15) is 18.3 Å². The van der Waals surface area contributed by atoms with Gasteiger partial charge in [-0.1, -0.05) is 42.0 Å². The number of carbonyl (C=O) groups excluding carboxylic acids is 1. The van der Waals surface area contributed by atoms with Crippen LogP contribution in [0.3, 0.4) is 0 Å². The second kappa shape index (κ2) is 8.05. The molecule has 0 atom stereocenters. The molecule has 2 aromatic carbocycles. The van der Waals surface area contributed by atoms with Crippen molar-refractivity contribution in [1.29, 1.82) is 0 Å². The Bertz CT molecular complexity index is 1370. The van der Waals surface area contributed by atoms with E-state index in [0.29, 0.717) is 0 Å². The number of carbonyl (C=O) groups is 1. The molecular weight excluding hydrogens is 426 g/mol. The highest BCUT2D eigenvalue weighted by atomic mass is 32.2. The molecule has 162 valence electrons. The largest absolute Gasteiger partial charge is 0.867 e. The van der Waals surface area contributed by atoms with Crippen molar-refractivity contribution < 1.29 is 22.9 Å². The Hall–Kier alpha value is -3.78. The third-order valence-electron chi connectivity index (χ3n) is 5.19. The minimum Gasteiger partial charge on any atom is -0.867 e. The van der Waals surface area contributed by atoms with Crippen LogP contribution in [0.2, 0.25) is 0 Å². The van der Waals surface area contributed by atoms with Crippen LogP contribution in [0.15, 0.2) is 82.4 Å². The highest BCUT2D eigenvalue weighted by Gasteiger charge is 2.35. The van der Waals surface area contributed by atoms with Gasteiger partial charge in [-0.25, -0.2) is 0 Å². The van der Waals surface area contributed by atoms with E-state index in [4.69, 9.17) is 0 Å². The van der Waals surface area contributed by atoms with Crippen LogP contribution in [0.4, 0.5) is 5.69 Å². The first kappa shape index (κ1) is 21.5. The number of hydrogen-bond acceptors (Lipinski definition) is 5. The fraction of sp³-hybridized carbons (Fsp3) is 0.125. The highest BCUT2D eigenvalue weighted by molar-refractivity contribution is 7.90. The maximum atomic E-state index is 13.4. The molecule has 0 unspecified atom stereocenters. The van der Waals surface area contributed by atoms with E-state index in [1.54, 1.807) is 54.9 Å². The van der Waals surface area contributed by atoms with Crippen LogP contribution in [0.1, 0.15) is 21.5 Å². The van der Waals surface area contributed by atoms with Gasteiger partial charge in [0.15, 0.2) is 18.1 Å². The van der Waals surface area contributed by atoms with Crippen molar-refractivity contribution in [3.8, 4) is 0 Å². The minimum atomic E-state index is -4.23. The lowest BCUT2D eigenvalue weighted by Crippen LogP contribution is -2.43. The molecule has 0 N–H and O–H groups in total. The standard InChI is InChI=1S/C24H21N3O4S/c1-16-8-10-18(11-9-16)32(30,31)25-21-22(27-14-12-17(13-15-27)26(2)3)24(29)20-7-5-4-6-19(20)23(21)28/h4-15H,1-3H3. The smallest absolute Gasteiger partial charge is 0.283 e. The van der Waals surface area contributed by atoms with Crippen LogP contribution in [-0.4, -0.2) is 34.0 Å². The lowest BCUT2D eigenvalue weighted by atomic mass is 9.91. The maximum absolute atomic E-state index is 13.4. The zero-order valence-electron chi connectivity index (χ0n) is 17.8. The molecule has 0 saturated heterocycles. The van der Waals surface area contributed by atoms with Gasteiger partial charge in [0, 0.05) is 37.5 Å². The summed E-state index contributed by atoms with van der Waals surface area (Å²) in [6.45, 7) is 1.84. The number of fused-ring (bicyclic) bond motifs is 1. The molecule has 0 fully saturated rings. The van der Waals surface area contributed by atoms with E-state index in [1.165, 1.54) is 22.8 Å². The van der Waals surface area contributed by atoms with Gasteiger partial charge >= 0.3 is 0 Å². The fourth-order valence-corrected chi connectivity index (χ4v) is 4.42. The number of Topliss-reactive ketones (excluding diaryl/α,β-unsaturated/α-hetero) is 1. The molecule has 4 rings (SSSR count). The number of hydrogen-bond donors (Lipinski definition) is 0. The number of benzene rings is 2. The lowest BCUT2D eigenvalue weighted by Gasteiger charge is -2.23. The van der Waals surface area contributed by atoms with Gasteiger partial charge in [-0.2, -0.15) is 13.0 Å². The molecule has 7 nitrogen and oxygen atoms in total. The number of allylic oxidation sites excluding steroid dienone is 1. The second-order valence-corrected chi connectivity index (χ2v) is 9.24. The van der Waals surface area contributed by atoms with E-state index < -0.39 is 27.3 Å². The van der Waals surface area contributed by atoms with Crippen molar-refractivity contribution >= 4 is 38.7 Å². The van der Waals surface area contributed by atoms with E-state index >= 15 is 0 Å². The van der Waals surface area contributed by atoms with Crippen LogP contribution in [0.25, 0.3) is 11.5 Å². The van der Waals surface area contributed by atoms with Crippen LogP contribution < -0.4 is 14.6 Å². The van der Waals surface area contributed by atoms with Gasteiger partial charge in [-0.3, -0.25) is 4.79 Å². The Morgan fingerprint density at radius 2 is 1.50 bits per heavy atom. The van der Waals surface area contributed by atoms with Crippen molar-refractivity contribution in [3.63, 3.8) is 0 Å². The molecule has 1 heterocycles. The fourth-order valence-electron chi connectivity index (χ4n) is 3.42. The number of aromatic nitrogens is 1. The Morgan fingerprint density at radius 3 is 2.09 bits per heavy atom. The number of anilines is 1. The summed E-state index contributed by atoms with van der Waals surface area (Å²) in [6.07, 6.45) is 3.22. The van der Waals surface area contributed by atoms with Gasteiger partial charge in [0.25, 0.3) is 10.0 Å². The summed E-state index contributed by atoms with van der Waals surface area (Å²) in [6, 6.07) is 16.0. The third-order valence-corrected chi connectivity index (χ3v) is 6.48. The summed E-state index contributed by atoms with van der Waals surface area (Å²) < 4.78 is 31.3. The van der Waals surface area contributed by atoms with Crippen LogP contribution in [0, 0.1) is 6.92 Å². The van der Waals surface area contributed by atoms with Crippen LogP contribution >= 0.6 is 0 Å². The molecule has 0 spiro atoms. The average Bonchev–Trinajstić information content (AvgIpc) is 2.78. The van der Waals surface area contributed by atoms with Gasteiger partial charge in [0.1, 0.15) is 0 Å². The van der Waals surface area contributed by atoms with Crippen molar-refractivity contribution in [2.24, 2.45) is 4.40 Å². The number of rotatable bonds is 4. The van der Waals surface area contributed by atoms with Gasteiger partial charge in [0.2, 0.25) is 11.5 Å². The number of aryl methyl sites for hydroxylation is 1. The Balaban J connectivity index is 1.95. The van der Waals surface area contributed by atoms with E-state index in [2.05, 4.69) is 4.40 Å². The Kier molecular flexibility index (Phi) is 5.40. The molecule has 8 heteroatoms. The van der Waals surface area contributed by atoms with Gasteiger partial charge in [-0.05, 0) is 30.4 Å². The molecule has 0 bridgehead atoms. The van der Waals surface area contributed by atoms with Crippen LogP contribution in [-0.2, 0) is 10.0 Å².